The maximum atomic E-state index is 13.4. The lowest BCUT2D eigenvalue weighted by Gasteiger charge is -2.24. The minimum Gasteiger partial charge on any atom is -0.350 e. The third kappa shape index (κ3) is 6.15. The third-order valence-electron chi connectivity index (χ3n) is 5.17. The Kier molecular flexibility index (Phi) is 8.31. The molecule has 0 unspecified atom stereocenters. The molecule has 2 amide bonds. The first-order chi connectivity index (χ1) is 16.2. The number of halogens is 1. The van der Waals surface area contributed by atoms with Gasteiger partial charge in [-0.25, -0.2) is 8.42 Å². The van der Waals surface area contributed by atoms with Crippen LogP contribution in [0.5, 0.6) is 0 Å². The smallest absolute Gasteiger partial charge is 0.264 e. The van der Waals surface area contributed by atoms with E-state index in [1.54, 1.807) is 54.6 Å². The van der Waals surface area contributed by atoms with E-state index in [4.69, 9.17) is 11.6 Å². The second-order valence-electron chi connectivity index (χ2n) is 7.68. The molecule has 34 heavy (non-hydrogen) atoms. The van der Waals surface area contributed by atoms with E-state index in [1.807, 2.05) is 13.8 Å². The highest BCUT2D eigenvalue weighted by atomic mass is 35.5. The van der Waals surface area contributed by atoms with Gasteiger partial charge in [0.05, 0.1) is 21.8 Å². The molecule has 9 heteroatoms. The third-order valence-corrected chi connectivity index (χ3v) is 7.21. The summed E-state index contributed by atoms with van der Waals surface area (Å²) < 4.78 is 27.8. The summed E-state index contributed by atoms with van der Waals surface area (Å²) in [6, 6.07) is 20.6. The zero-order valence-corrected chi connectivity index (χ0v) is 20.4. The number of anilines is 2. The van der Waals surface area contributed by atoms with Gasteiger partial charge in [-0.15, -0.1) is 0 Å². The largest absolute Gasteiger partial charge is 0.350 e. The molecule has 0 heterocycles. The molecule has 3 aromatic rings. The zero-order chi connectivity index (χ0) is 24.7. The molecule has 0 aromatic heterocycles. The van der Waals surface area contributed by atoms with Gasteiger partial charge in [-0.1, -0.05) is 48.9 Å². The Morgan fingerprint density at radius 3 is 2.21 bits per heavy atom. The average molecular weight is 500 g/mol. The Labute approximate surface area is 204 Å². The predicted octanol–water partition coefficient (Wildman–Crippen LogP) is 4.70. The van der Waals surface area contributed by atoms with Crippen LogP contribution in [0, 0.1) is 0 Å². The van der Waals surface area contributed by atoms with Crippen molar-refractivity contribution in [2.45, 2.75) is 31.2 Å². The van der Waals surface area contributed by atoms with Crippen molar-refractivity contribution in [3.63, 3.8) is 0 Å². The first-order valence-corrected chi connectivity index (χ1v) is 12.6. The van der Waals surface area contributed by atoms with Crippen LogP contribution in [0.25, 0.3) is 0 Å². The monoisotopic (exact) mass is 499 g/mol. The van der Waals surface area contributed by atoms with E-state index in [9.17, 15) is 18.0 Å². The van der Waals surface area contributed by atoms with Gasteiger partial charge in [0.25, 0.3) is 15.9 Å². The summed E-state index contributed by atoms with van der Waals surface area (Å²) in [5.74, 6) is -0.913. The van der Waals surface area contributed by atoms with Crippen LogP contribution in [0.1, 0.15) is 30.6 Å². The lowest BCUT2D eigenvalue weighted by atomic mass is 10.1. The van der Waals surface area contributed by atoms with Gasteiger partial charge in [0, 0.05) is 11.1 Å². The van der Waals surface area contributed by atoms with E-state index in [0.29, 0.717) is 22.0 Å². The molecule has 3 aromatic carbocycles. The summed E-state index contributed by atoms with van der Waals surface area (Å²) >= 11 is 5.91. The van der Waals surface area contributed by atoms with Crippen LogP contribution in [0.15, 0.2) is 83.8 Å². The summed E-state index contributed by atoms with van der Waals surface area (Å²) in [4.78, 5) is 25.7. The van der Waals surface area contributed by atoms with E-state index in [0.717, 1.165) is 10.7 Å². The number of carbonyl (C=O) groups is 2. The Morgan fingerprint density at radius 1 is 0.941 bits per heavy atom. The van der Waals surface area contributed by atoms with Gasteiger partial charge in [-0.2, -0.15) is 0 Å². The molecule has 7 nitrogen and oxygen atoms in total. The van der Waals surface area contributed by atoms with Crippen molar-refractivity contribution in [1.82, 2.24) is 5.32 Å². The Hall–Kier alpha value is -3.36. The second kappa shape index (κ2) is 11.2. The lowest BCUT2D eigenvalue weighted by Crippen LogP contribution is -2.38. The SMILES string of the molecule is CC[C@@H](C)NC(=O)c1ccccc1NC(=O)CN(c1ccccc1)S(=O)(=O)c1ccc(Cl)cc1. The van der Waals surface area contributed by atoms with Crippen molar-refractivity contribution in [1.29, 1.82) is 0 Å². The van der Waals surface area contributed by atoms with Gasteiger partial charge in [0.2, 0.25) is 5.91 Å². The van der Waals surface area contributed by atoms with Gasteiger partial charge in [0.1, 0.15) is 6.54 Å². The van der Waals surface area contributed by atoms with E-state index in [1.165, 1.54) is 24.3 Å². The number of rotatable bonds is 9. The number of amides is 2. The average Bonchev–Trinajstić information content (AvgIpc) is 2.83. The summed E-state index contributed by atoms with van der Waals surface area (Å²) in [6.45, 7) is 3.35. The van der Waals surface area contributed by atoms with Crippen LogP contribution in [-0.2, 0) is 14.8 Å². The minimum absolute atomic E-state index is 0.00174. The molecule has 3 rings (SSSR count). The van der Waals surface area contributed by atoms with Gasteiger partial charge in [-0.3, -0.25) is 13.9 Å². The molecular weight excluding hydrogens is 474 g/mol. The number of benzene rings is 3. The van der Waals surface area contributed by atoms with E-state index in [-0.39, 0.29) is 16.8 Å². The van der Waals surface area contributed by atoms with Crippen molar-refractivity contribution in [3.8, 4) is 0 Å². The predicted molar refractivity (Wildman–Crippen MR) is 135 cm³/mol. The van der Waals surface area contributed by atoms with Gasteiger partial charge in [-0.05, 0) is 61.9 Å². The fraction of sp³-hybridized carbons (Fsp3) is 0.200. The Balaban J connectivity index is 1.88. The van der Waals surface area contributed by atoms with Crippen LogP contribution in [-0.4, -0.2) is 32.8 Å². The van der Waals surface area contributed by atoms with Crippen molar-refractivity contribution in [2.24, 2.45) is 0 Å². The summed E-state index contributed by atoms with van der Waals surface area (Å²) in [5.41, 5.74) is 0.920. The molecule has 178 valence electrons. The number of hydrogen-bond acceptors (Lipinski definition) is 4. The first-order valence-electron chi connectivity index (χ1n) is 10.8. The van der Waals surface area contributed by atoms with Crippen molar-refractivity contribution >= 4 is 44.8 Å². The van der Waals surface area contributed by atoms with Gasteiger partial charge >= 0.3 is 0 Å². The second-order valence-corrected chi connectivity index (χ2v) is 9.98. The van der Waals surface area contributed by atoms with Crippen LogP contribution >= 0.6 is 11.6 Å². The molecule has 0 aliphatic heterocycles. The topological polar surface area (TPSA) is 95.6 Å². The Morgan fingerprint density at radius 2 is 1.56 bits per heavy atom. The maximum absolute atomic E-state index is 13.4. The van der Waals surface area contributed by atoms with Crippen molar-refractivity contribution in [2.75, 3.05) is 16.2 Å². The molecular formula is C25H26ClN3O4S. The van der Waals surface area contributed by atoms with E-state index < -0.39 is 22.5 Å². The highest BCUT2D eigenvalue weighted by molar-refractivity contribution is 7.92. The van der Waals surface area contributed by atoms with E-state index in [2.05, 4.69) is 10.6 Å². The number of nitrogens with zero attached hydrogens (tertiary/aromatic N) is 1. The van der Waals surface area contributed by atoms with Gasteiger partial charge in [0.15, 0.2) is 0 Å². The lowest BCUT2D eigenvalue weighted by molar-refractivity contribution is -0.114. The number of carbonyl (C=O) groups excluding carboxylic acids is 2. The van der Waals surface area contributed by atoms with Crippen LogP contribution in [0.3, 0.4) is 0 Å². The molecule has 0 aliphatic carbocycles. The summed E-state index contributed by atoms with van der Waals surface area (Å²) in [6.07, 6.45) is 0.759. The number of sulfonamides is 1. The fourth-order valence-corrected chi connectivity index (χ4v) is 4.70. The zero-order valence-electron chi connectivity index (χ0n) is 18.9. The highest BCUT2D eigenvalue weighted by Gasteiger charge is 2.27. The highest BCUT2D eigenvalue weighted by Crippen LogP contribution is 2.25. The molecule has 0 saturated heterocycles. The van der Waals surface area contributed by atoms with Crippen LogP contribution in [0.2, 0.25) is 5.02 Å². The van der Waals surface area contributed by atoms with Crippen LogP contribution in [0.4, 0.5) is 11.4 Å². The summed E-state index contributed by atoms with van der Waals surface area (Å²) in [7, 11) is -4.07. The van der Waals surface area contributed by atoms with Crippen molar-refractivity contribution < 1.29 is 18.0 Å². The molecule has 0 spiro atoms. The van der Waals surface area contributed by atoms with Crippen LogP contribution < -0.4 is 14.9 Å². The normalized spacial score (nSPS) is 12.0. The molecule has 1 atom stereocenters. The molecule has 0 aliphatic rings. The first kappa shape index (κ1) is 25.3. The minimum atomic E-state index is -4.07. The molecule has 0 fully saturated rings. The van der Waals surface area contributed by atoms with Gasteiger partial charge < -0.3 is 10.6 Å². The quantitative estimate of drug-likeness (QED) is 0.446. The van der Waals surface area contributed by atoms with E-state index >= 15 is 0 Å². The fourth-order valence-electron chi connectivity index (χ4n) is 3.16. The van der Waals surface area contributed by atoms with Crippen molar-refractivity contribution in [3.05, 3.63) is 89.4 Å². The Bertz CT molecular complexity index is 1250. The molecule has 0 radical (unpaired) electrons. The number of para-hydroxylation sites is 2. The molecule has 0 saturated carbocycles. The maximum Gasteiger partial charge on any atom is 0.264 e. The number of nitrogens with one attached hydrogen (secondary N) is 2. The standard InChI is InChI=1S/C25H26ClN3O4S/c1-3-18(2)27-25(31)22-11-7-8-12-23(22)28-24(30)17-29(20-9-5-4-6-10-20)34(32,33)21-15-13-19(26)14-16-21/h4-16,18H,3,17H2,1-2H3,(H,27,31)(H,28,30)/t18-/m1/s1. The molecule has 2 N–H and O–H groups in total. The molecule has 0 bridgehead atoms. The summed E-state index contributed by atoms with van der Waals surface area (Å²) in [5, 5.41) is 5.96. The number of hydrogen-bond donors (Lipinski definition) is 2.